The highest BCUT2D eigenvalue weighted by Gasteiger charge is 2.31. The highest BCUT2D eigenvalue weighted by atomic mass is 17.1. The number of allylic oxidation sites excluding steroid dienone is 2. The highest BCUT2D eigenvalue weighted by Crippen LogP contribution is 2.34. The quantitative estimate of drug-likeness (QED) is 0.447. The van der Waals surface area contributed by atoms with Crippen molar-refractivity contribution in [1.82, 2.24) is 0 Å². The van der Waals surface area contributed by atoms with Crippen LogP contribution in [-0.2, 0) is 4.89 Å². The Hall–Kier alpha value is -0.640. The lowest BCUT2D eigenvalue weighted by Crippen LogP contribution is -2.35. The van der Waals surface area contributed by atoms with Crippen LogP contribution in [0.5, 0.6) is 0 Å². The van der Waals surface area contributed by atoms with Crippen molar-refractivity contribution in [2.24, 2.45) is 5.92 Å². The van der Waals surface area contributed by atoms with E-state index in [0.717, 1.165) is 19.3 Å². The van der Waals surface area contributed by atoms with Crippen LogP contribution in [0.4, 0.5) is 0 Å². The Morgan fingerprint density at radius 1 is 1.44 bits per heavy atom. The molecule has 0 saturated carbocycles. The van der Waals surface area contributed by atoms with E-state index in [2.05, 4.69) is 17.9 Å². The van der Waals surface area contributed by atoms with Crippen LogP contribution in [0.1, 0.15) is 53.4 Å². The fraction of sp³-hybridized carbons (Fsp3) is 0.733. The molecule has 0 unspecified atom stereocenters. The molecule has 1 aliphatic carbocycles. The summed E-state index contributed by atoms with van der Waals surface area (Å²) in [6, 6.07) is 0. The van der Waals surface area contributed by atoms with Gasteiger partial charge in [0, 0.05) is 0 Å². The lowest BCUT2D eigenvalue weighted by molar-refractivity contribution is -0.297. The van der Waals surface area contributed by atoms with Gasteiger partial charge in [-0.05, 0) is 59.3 Å². The van der Waals surface area contributed by atoms with Gasteiger partial charge in [-0.15, -0.1) is 0 Å². The van der Waals surface area contributed by atoms with E-state index in [9.17, 15) is 5.11 Å². The summed E-state index contributed by atoms with van der Waals surface area (Å²) in [5.41, 5.74) is 0.0330. The molecule has 3 nitrogen and oxygen atoms in total. The molecule has 0 radical (unpaired) electrons. The predicted molar refractivity (Wildman–Crippen MR) is 73.3 cm³/mol. The second kappa shape index (κ2) is 6.00. The lowest BCUT2D eigenvalue weighted by Gasteiger charge is -2.34. The summed E-state index contributed by atoms with van der Waals surface area (Å²) >= 11 is 0. The molecule has 1 aliphatic rings. The third kappa shape index (κ3) is 4.56. The average Bonchev–Trinajstić information content (AvgIpc) is 2.29. The van der Waals surface area contributed by atoms with E-state index in [-0.39, 0.29) is 0 Å². The topological polar surface area (TPSA) is 49.7 Å². The number of aliphatic hydroxyl groups is 1. The maximum atomic E-state index is 10.5. The maximum absolute atomic E-state index is 10.5. The predicted octanol–water partition coefficient (Wildman–Crippen LogP) is 3.70. The Morgan fingerprint density at radius 3 is 2.61 bits per heavy atom. The van der Waals surface area contributed by atoms with Crippen LogP contribution in [0.3, 0.4) is 0 Å². The third-order valence-corrected chi connectivity index (χ3v) is 3.80. The smallest absolute Gasteiger partial charge is 0.116 e. The zero-order valence-corrected chi connectivity index (χ0v) is 11.9. The van der Waals surface area contributed by atoms with Gasteiger partial charge in [0.05, 0.1) is 5.60 Å². The second-order valence-electron chi connectivity index (χ2n) is 6.18. The third-order valence-electron chi connectivity index (χ3n) is 3.80. The van der Waals surface area contributed by atoms with Crippen LogP contribution in [0, 0.1) is 5.92 Å². The minimum atomic E-state index is -0.695. The molecule has 104 valence electrons. The van der Waals surface area contributed by atoms with Gasteiger partial charge in [0.2, 0.25) is 0 Å². The molecule has 0 bridgehead atoms. The Labute approximate surface area is 110 Å². The van der Waals surface area contributed by atoms with Gasteiger partial charge in [0.1, 0.15) is 5.60 Å². The van der Waals surface area contributed by atoms with Crippen molar-refractivity contribution in [3.63, 3.8) is 0 Å². The Kier molecular flexibility index (Phi) is 5.14. The van der Waals surface area contributed by atoms with Gasteiger partial charge in [-0.1, -0.05) is 23.8 Å². The van der Waals surface area contributed by atoms with Crippen molar-refractivity contribution in [2.75, 3.05) is 0 Å². The molecule has 0 aromatic rings. The maximum Gasteiger partial charge on any atom is 0.116 e. The molecule has 0 fully saturated rings. The van der Waals surface area contributed by atoms with Gasteiger partial charge in [-0.3, -0.25) is 5.26 Å². The molecule has 0 aromatic heterocycles. The zero-order valence-electron chi connectivity index (χ0n) is 11.9. The molecule has 2 N–H and O–H groups in total. The summed E-state index contributed by atoms with van der Waals surface area (Å²) in [6.45, 7) is 7.57. The van der Waals surface area contributed by atoms with Crippen LogP contribution in [-0.4, -0.2) is 21.6 Å². The fourth-order valence-corrected chi connectivity index (χ4v) is 2.31. The zero-order chi connectivity index (χ0) is 13.8. The average molecular weight is 254 g/mol. The van der Waals surface area contributed by atoms with Crippen molar-refractivity contribution in [3.05, 3.63) is 23.8 Å². The molecule has 0 saturated heterocycles. The lowest BCUT2D eigenvalue weighted by atomic mass is 9.77. The highest BCUT2D eigenvalue weighted by molar-refractivity contribution is 5.07. The van der Waals surface area contributed by atoms with E-state index < -0.39 is 11.2 Å². The first-order valence-corrected chi connectivity index (χ1v) is 6.65. The molecule has 0 heterocycles. The molecule has 1 rings (SSSR count). The van der Waals surface area contributed by atoms with Gasteiger partial charge in [-0.2, -0.15) is 0 Å². The molecule has 0 aromatic carbocycles. The van der Waals surface area contributed by atoms with Crippen LogP contribution in [0.15, 0.2) is 23.8 Å². The molecule has 18 heavy (non-hydrogen) atoms. The van der Waals surface area contributed by atoms with Crippen molar-refractivity contribution >= 4 is 0 Å². The molecular formula is C15H26O3. The van der Waals surface area contributed by atoms with Crippen molar-refractivity contribution in [1.29, 1.82) is 0 Å². The summed E-state index contributed by atoms with van der Waals surface area (Å²) in [7, 11) is 0. The van der Waals surface area contributed by atoms with Gasteiger partial charge < -0.3 is 5.11 Å². The van der Waals surface area contributed by atoms with E-state index in [1.807, 2.05) is 13.0 Å². The van der Waals surface area contributed by atoms with Crippen LogP contribution >= 0.6 is 0 Å². The summed E-state index contributed by atoms with van der Waals surface area (Å²) in [5, 5.41) is 19.2. The molecule has 0 spiro atoms. The SMILES string of the molecule is CC1=CC[C@@H]([C@@](C)(O)C/C=C/C(C)(C)OO)CC1. The first-order chi connectivity index (χ1) is 8.27. The summed E-state index contributed by atoms with van der Waals surface area (Å²) in [5.74, 6) is 0.309. The monoisotopic (exact) mass is 254 g/mol. The first kappa shape index (κ1) is 15.4. The van der Waals surface area contributed by atoms with Gasteiger partial charge in [0.15, 0.2) is 0 Å². The number of hydrogen-bond donors (Lipinski definition) is 2. The molecular weight excluding hydrogens is 228 g/mol. The van der Waals surface area contributed by atoms with E-state index in [0.29, 0.717) is 12.3 Å². The second-order valence-corrected chi connectivity index (χ2v) is 6.18. The van der Waals surface area contributed by atoms with Crippen molar-refractivity contribution < 1.29 is 15.3 Å². The van der Waals surface area contributed by atoms with E-state index in [1.54, 1.807) is 19.9 Å². The van der Waals surface area contributed by atoms with E-state index in [4.69, 9.17) is 5.26 Å². The molecule has 2 atom stereocenters. The van der Waals surface area contributed by atoms with Gasteiger partial charge in [-0.25, -0.2) is 4.89 Å². The van der Waals surface area contributed by atoms with Gasteiger partial charge >= 0.3 is 0 Å². The molecule has 0 amide bonds. The fourth-order valence-electron chi connectivity index (χ4n) is 2.31. The molecule has 0 aliphatic heterocycles. The summed E-state index contributed by atoms with van der Waals surface area (Å²) < 4.78 is 0. The van der Waals surface area contributed by atoms with Crippen molar-refractivity contribution in [2.45, 2.75) is 64.6 Å². The van der Waals surface area contributed by atoms with Gasteiger partial charge in [0.25, 0.3) is 0 Å². The van der Waals surface area contributed by atoms with Crippen LogP contribution < -0.4 is 0 Å². The normalized spacial score (nSPS) is 25.0. The first-order valence-electron chi connectivity index (χ1n) is 6.65. The minimum absolute atomic E-state index is 0.309. The molecule has 3 heteroatoms. The Balaban J connectivity index is 2.55. The summed E-state index contributed by atoms with van der Waals surface area (Å²) in [6.07, 6.45) is 9.56. The largest absolute Gasteiger partial charge is 0.390 e. The Morgan fingerprint density at radius 2 is 2.11 bits per heavy atom. The van der Waals surface area contributed by atoms with Crippen LogP contribution in [0.2, 0.25) is 0 Å². The standard InChI is InChI=1S/C15H26O3/c1-12-6-8-13(9-7-12)15(4,16)11-5-10-14(2,3)18-17/h5-6,10,13,16-17H,7-9,11H2,1-4H3/b10-5+/t13-,15+/m1/s1. The Bertz CT molecular complexity index is 327. The number of hydrogen-bond acceptors (Lipinski definition) is 3. The van der Waals surface area contributed by atoms with E-state index in [1.165, 1.54) is 5.57 Å². The van der Waals surface area contributed by atoms with Crippen LogP contribution in [0.25, 0.3) is 0 Å². The van der Waals surface area contributed by atoms with Crippen molar-refractivity contribution in [3.8, 4) is 0 Å². The number of rotatable bonds is 5. The summed E-state index contributed by atoms with van der Waals surface area (Å²) in [4.78, 5) is 4.33. The minimum Gasteiger partial charge on any atom is -0.390 e. The van der Waals surface area contributed by atoms with E-state index >= 15 is 0 Å².